The topological polar surface area (TPSA) is 93.1 Å². The second kappa shape index (κ2) is 5.39. The highest BCUT2D eigenvalue weighted by Crippen LogP contribution is 2.40. The minimum absolute atomic E-state index is 0.0205. The van der Waals surface area contributed by atoms with E-state index >= 15 is 0 Å². The first-order valence-corrected chi connectivity index (χ1v) is 7.11. The maximum Gasteiger partial charge on any atom is 0.411 e. The molecule has 0 aromatic rings. The smallest absolute Gasteiger partial charge is 0.411 e. The molecule has 0 saturated carbocycles. The molecule has 2 aliphatic rings. The van der Waals surface area contributed by atoms with Crippen LogP contribution in [0, 0.1) is 0 Å². The molecule has 0 radical (unpaired) electrons. The number of esters is 1. The molecule has 1 amide bonds. The number of ether oxygens (including phenoxy) is 2. The van der Waals surface area contributed by atoms with Crippen molar-refractivity contribution >= 4 is 17.8 Å². The summed E-state index contributed by atoms with van der Waals surface area (Å²) in [6.45, 7) is 5.10. The molecule has 1 aliphatic heterocycles. The predicted octanol–water partition coefficient (Wildman–Crippen LogP) is 0.797. The number of carbonyl (C=O) groups excluding carboxylic acids is 3. The molecule has 0 spiro atoms. The van der Waals surface area contributed by atoms with Crippen LogP contribution in [0.5, 0.6) is 0 Å². The van der Waals surface area contributed by atoms with Crippen molar-refractivity contribution in [1.29, 1.82) is 0 Å². The van der Waals surface area contributed by atoms with E-state index in [1.807, 2.05) is 0 Å². The zero-order valence-electron chi connectivity index (χ0n) is 13.2. The van der Waals surface area contributed by atoms with Gasteiger partial charge in [-0.25, -0.2) is 9.59 Å². The number of likely N-dealkylation sites (tertiary alicyclic amines) is 1. The number of ketones is 1. The van der Waals surface area contributed by atoms with E-state index in [-0.39, 0.29) is 18.6 Å². The highest BCUT2D eigenvalue weighted by molar-refractivity contribution is 5.93. The van der Waals surface area contributed by atoms with Crippen molar-refractivity contribution in [1.82, 2.24) is 4.90 Å². The van der Waals surface area contributed by atoms with Gasteiger partial charge in [0.15, 0.2) is 5.78 Å². The van der Waals surface area contributed by atoms with E-state index in [0.717, 1.165) is 4.90 Å². The molecule has 0 aromatic carbocycles. The van der Waals surface area contributed by atoms with E-state index in [0.29, 0.717) is 0 Å². The maximum absolute atomic E-state index is 12.4. The Morgan fingerprint density at radius 3 is 2.59 bits per heavy atom. The van der Waals surface area contributed by atoms with Gasteiger partial charge in [-0.2, -0.15) is 0 Å². The average molecular weight is 311 g/mol. The van der Waals surface area contributed by atoms with E-state index in [1.165, 1.54) is 19.3 Å². The van der Waals surface area contributed by atoms with Gasteiger partial charge in [0.1, 0.15) is 17.2 Å². The van der Waals surface area contributed by atoms with Crippen molar-refractivity contribution < 1.29 is 29.0 Å². The Bertz CT molecular complexity index is 535. The van der Waals surface area contributed by atoms with Gasteiger partial charge < -0.3 is 14.6 Å². The summed E-state index contributed by atoms with van der Waals surface area (Å²) in [6.07, 6.45) is 1.81. The lowest BCUT2D eigenvalue weighted by molar-refractivity contribution is -0.146. The number of hydrogen-bond donors (Lipinski definition) is 1. The highest BCUT2D eigenvalue weighted by atomic mass is 16.6. The molecular weight excluding hydrogens is 290 g/mol. The molecular formula is C15H21NO6. The number of rotatable bonds is 1. The van der Waals surface area contributed by atoms with Gasteiger partial charge in [-0.05, 0) is 32.9 Å². The summed E-state index contributed by atoms with van der Waals surface area (Å²) in [4.78, 5) is 37.2. The van der Waals surface area contributed by atoms with Crippen molar-refractivity contribution in [3.8, 4) is 0 Å². The van der Waals surface area contributed by atoms with Crippen LogP contribution >= 0.6 is 0 Å². The van der Waals surface area contributed by atoms with Crippen LogP contribution in [0.1, 0.15) is 33.6 Å². The summed E-state index contributed by atoms with van der Waals surface area (Å²) in [7, 11) is 1.21. The van der Waals surface area contributed by atoms with Crippen molar-refractivity contribution in [3.05, 3.63) is 12.2 Å². The fourth-order valence-corrected chi connectivity index (χ4v) is 2.85. The predicted molar refractivity (Wildman–Crippen MR) is 76.0 cm³/mol. The standard InChI is InChI=1S/C15H21NO6/c1-14(2,3)22-13(19)16-10(12(18)21-4)8-15(20)6-5-9(17)7-11(15)16/h5-6,10-11,20H,7-8H2,1-4H3/t10-,11+,15-/m0/s1. The lowest BCUT2D eigenvalue weighted by Gasteiger charge is -2.35. The molecule has 1 heterocycles. The molecule has 22 heavy (non-hydrogen) atoms. The normalized spacial score (nSPS) is 31.0. The lowest BCUT2D eigenvalue weighted by Crippen LogP contribution is -2.52. The lowest BCUT2D eigenvalue weighted by atomic mass is 9.85. The monoisotopic (exact) mass is 311 g/mol. The summed E-state index contributed by atoms with van der Waals surface area (Å²) in [5.41, 5.74) is -2.18. The van der Waals surface area contributed by atoms with Crippen LogP contribution in [0.15, 0.2) is 12.2 Å². The van der Waals surface area contributed by atoms with Crippen molar-refractivity contribution in [2.75, 3.05) is 7.11 Å². The quantitative estimate of drug-likeness (QED) is 0.720. The molecule has 0 aromatic heterocycles. The van der Waals surface area contributed by atoms with E-state index < -0.39 is 35.3 Å². The van der Waals surface area contributed by atoms with Crippen LogP contribution in [-0.2, 0) is 19.1 Å². The molecule has 122 valence electrons. The van der Waals surface area contributed by atoms with E-state index in [1.54, 1.807) is 20.8 Å². The third-order valence-corrected chi connectivity index (χ3v) is 3.80. The van der Waals surface area contributed by atoms with Gasteiger partial charge in [0, 0.05) is 12.8 Å². The number of aliphatic hydroxyl groups is 1. The third-order valence-electron chi connectivity index (χ3n) is 3.80. The minimum atomic E-state index is -1.43. The number of allylic oxidation sites excluding steroid dienone is 1. The van der Waals surface area contributed by atoms with E-state index in [4.69, 9.17) is 9.47 Å². The van der Waals surface area contributed by atoms with Crippen molar-refractivity contribution in [2.24, 2.45) is 0 Å². The van der Waals surface area contributed by atoms with Crippen LogP contribution in [-0.4, -0.2) is 58.2 Å². The number of amides is 1. The zero-order valence-corrected chi connectivity index (χ0v) is 13.2. The van der Waals surface area contributed by atoms with Crippen LogP contribution in [0.2, 0.25) is 0 Å². The van der Waals surface area contributed by atoms with Gasteiger partial charge in [-0.3, -0.25) is 9.69 Å². The molecule has 1 fully saturated rings. The molecule has 2 rings (SSSR count). The van der Waals surface area contributed by atoms with Crippen LogP contribution in [0.3, 0.4) is 0 Å². The Balaban J connectivity index is 2.36. The van der Waals surface area contributed by atoms with Gasteiger partial charge in [-0.15, -0.1) is 0 Å². The molecule has 0 bridgehead atoms. The fraction of sp³-hybridized carbons (Fsp3) is 0.667. The molecule has 0 unspecified atom stereocenters. The van der Waals surface area contributed by atoms with Crippen LogP contribution < -0.4 is 0 Å². The molecule has 3 atom stereocenters. The summed E-state index contributed by atoms with van der Waals surface area (Å²) in [5.74, 6) is -0.858. The average Bonchev–Trinajstić information content (AvgIpc) is 2.69. The summed E-state index contributed by atoms with van der Waals surface area (Å²) < 4.78 is 10.0. The Morgan fingerprint density at radius 2 is 2.05 bits per heavy atom. The van der Waals surface area contributed by atoms with Gasteiger partial charge in [0.2, 0.25) is 0 Å². The number of nitrogens with zero attached hydrogens (tertiary/aromatic N) is 1. The third kappa shape index (κ3) is 2.99. The van der Waals surface area contributed by atoms with Crippen molar-refractivity contribution in [2.45, 2.75) is 56.9 Å². The molecule has 1 N–H and O–H groups in total. The van der Waals surface area contributed by atoms with Crippen molar-refractivity contribution in [3.63, 3.8) is 0 Å². The van der Waals surface area contributed by atoms with E-state index in [2.05, 4.69) is 0 Å². The zero-order chi connectivity index (χ0) is 16.7. The molecule has 7 nitrogen and oxygen atoms in total. The second-order valence-corrected chi connectivity index (χ2v) is 6.64. The van der Waals surface area contributed by atoms with Crippen LogP contribution in [0.4, 0.5) is 4.79 Å². The summed E-state index contributed by atoms with van der Waals surface area (Å²) in [6, 6.07) is -1.81. The first kappa shape index (κ1) is 16.5. The Hall–Kier alpha value is -1.89. The van der Waals surface area contributed by atoms with Gasteiger partial charge >= 0.3 is 12.1 Å². The molecule has 7 heteroatoms. The highest BCUT2D eigenvalue weighted by Gasteiger charge is 2.57. The summed E-state index contributed by atoms with van der Waals surface area (Å²) >= 11 is 0. The summed E-state index contributed by atoms with van der Waals surface area (Å²) in [5, 5.41) is 10.7. The van der Waals surface area contributed by atoms with Gasteiger partial charge in [0.05, 0.1) is 13.2 Å². The fourth-order valence-electron chi connectivity index (χ4n) is 2.85. The Morgan fingerprint density at radius 1 is 1.41 bits per heavy atom. The Kier molecular flexibility index (Phi) is 4.04. The molecule has 1 saturated heterocycles. The van der Waals surface area contributed by atoms with Crippen LogP contribution in [0.25, 0.3) is 0 Å². The van der Waals surface area contributed by atoms with Gasteiger partial charge in [0.25, 0.3) is 0 Å². The van der Waals surface area contributed by atoms with Gasteiger partial charge in [-0.1, -0.05) is 0 Å². The number of fused-ring (bicyclic) bond motifs is 1. The number of hydrogen-bond acceptors (Lipinski definition) is 6. The number of carbonyl (C=O) groups is 3. The molecule has 1 aliphatic carbocycles. The first-order chi connectivity index (χ1) is 10.1. The largest absolute Gasteiger partial charge is 0.467 e. The Labute approximate surface area is 128 Å². The second-order valence-electron chi connectivity index (χ2n) is 6.64. The number of methoxy groups -OCH3 is 1. The minimum Gasteiger partial charge on any atom is -0.467 e. The van der Waals surface area contributed by atoms with E-state index in [9.17, 15) is 19.5 Å². The maximum atomic E-state index is 12.4. The SMILES string of the molecule is COC(=O)[C@@H]1C[C@@]2(O)C=CC(=O)C[C@H]2N1C(=O)OC(C)(C)C. The first-order valence-electron chi connectivity index (χ1n) is 7.11.